The van der Waals surface area contributed by atoms with Crippen molar-refractivity contribution in [2.75, 3.05) is 6.54 Å². The van der Waals surface area contributed by atoms with Crippen LogP contribution in [0.1, 0.15) is 68.3 Å². The van der Waals surface area contributed by atoms with Gasteiger partial charge >= 0.3 is 0 Å². The van der Waals surface area contributed by atoms with E-state index in [4.69, 9.17) is 4.74 Å². The first-order valence-corrected chi connectivity index (χ1v) is 11.2. The van der Waals surface area contributed by atoms with Crippen molar-refractivity contribution in [2.45, 2.75) is 77.1 Å². The molecule has 1 saturated heterocycles. The van der Waals surface area contributed by atoms with Gasteiger partial charge in [-0.1, -0.05) is 26.8 Å². The maximum absolute atomic E-state index is 12.9. The number of fused-ring (bicyclic) bond motifs is 1. The Balaban J connectivity index is 1.44. The maximum Gasteiger partial charge on any atom is 0.255 e. The topological polar surface area (TPSA) is 70.7 Å². The number of hydrogen-bond donors (Lipinski definition) is 2. The molecule has 0 radical (unpaired) electrons. The lowest BCUT2D eigenvalue weighted by molar-refractivity contribution is -0.126. The van der Waals surface area contributed by atoms with Crippen molar-refractivity contribution < 1.29 is 14.3 Å². The van der Waals surface area contributed by atoms with Gasteiger partial charge in [-0.25, -0.2) is 0 Å². The second kappa shape index (κ2) is 8.80. The van der Waals surface area contributed by atoms with E-state index in [0.717, 1.165) is 36.4 Å². The molecule has 2 N–H and O–H groups in total. The normalized spacial score (nSPS) is 26.7. The molecule has 0 spiro atoms. The summed E-state index contributed by atoms with van der Waals surface area (Å²) in [4.78, 5) is 26.9. The molecule has 1 aromatic rings. The number of allylic oxidation sites excluding steroid dienone is 1. The number of carbonyl (C=O) groups excluding carboxylic acids is 2. The van der Waals surface area contributed by atoms with Crippen LogP contribution in [0.5, 0.6) is 5.75 Å². The Morgan fingerprint density at radius 2 is 2.03 bits per heavy atom. The van der Waals surface area contributed by atoms with Gasteiger partial charge in [-0.2, -0.15) is 0 Å². The molecule has 1 aromatic carbocycles. The molecule has 6 heteroatoms. The van der Waals surface area contributed by atoms with E-state index >= 15 is 0 Å². The van der Waals surface area contributed by atoms with Crippen LogP contribution >= 0.6 is 0 Å². The minimum atomic E-state index is -0.428. The summed E-state index contributed by atoms with van der Waals surface area (Å²) >= 11 is 0. The third-order valence-corrected chi connectivity index (χ3v) is 6.39. The minimum Gasteiger partial charge on any atom is -0.489 e. The Kier molecular flexibility index (Phi) is 6.14. The van der Waals surface area contributed by atoms with E-state index in [1.54, 1.807) is 4.90 Å². The lowest BCUT2D eigenvalue weighted by Crippen LogP contribution is -2.49. The van der Waals surface area contributed by atoms with Crippen molar-refractivity contribution in [1.82, 2.24) is 15.5 Å². The van der Waals surface area contributed by atoms with E-state index in [9.17, 15) is 9.59 Å². The molecule has 2 aliphatic heterocycles. The van der Waals surface area contributed by atoms with Crippen molar-refractivity contribution in [3.63, 3.8) is 0 Å². The zero-order chi connectivity index (χ0) is 21.3. The zero-order valence-corrected chi connectivity index (χ0v) is 18.1. The molecule has 30 heavy (non-hydrogen) atoms. The quantitative estimate of drug-likeness (QED) is 0.753. The molecule has 3 aliphatic rings. The Morgan fingerprint density at radius 1 is 1.23 bits per heavy atom. The molecule has 1 unspecified atom stereocenters. The van der Waals surface area contributed by atoms with Gasteiger partial charge in [0.1, 0.15) is 17.9 Å². The number of hydrogen-bond acceptors (Lipinski definition) is 4. The summed E-state index contributed by atoms with van der Waals surface area (Å²) in [5, 5.41) is 6.46. The van der Waals surface area contributed by atoms with Crippen LogP contribution in [0.3, 0.4) is 0 Å². The molecule has 4 rings (SSSR count). The zero-order valence-electron chi connectivity index (χ0n) is 18.1. The van der Waals surface area contributed by atoms with Gasteiger partial charge in [-0.3, -0.25) is 9.59 Å². The first kappa shape index (κ1) is 20.9. The van der Waals surface area contributed by atoms with Crippen LogP contribution in [0.4, 0.5) is 0 Å². The van der Waals surface area contributed by atoms with E-state index in [1.807, 2.05) is 18.2 Å². The summed E-state index contributed by atoms with van der Waals surface area (Å²) in [6.07, 6.45) is 6.08. The summed E-state index contributed by atoms with van der Waals surface area (Å²) in [7, 11) is 0. The molecule has 0 bridgehead atoms. The molecule has 3 atom stereocenters. The Labute approximate surface area is 179 Å². The van der Waals surface area contributed by atoms with E-state index in [0.29, 0.717) is 36.9 Å². The highest BCUT2D eigenvalue weighted by atomic mass is 16.5. The fraction of sp³-hybridized carbons (Fsp3) is 0.583. The lowest BCUT2D eigenvalue weighted by atomic mass is 9.92. The fourth-order valence-corrected chi connectivity index (χ4v) is 4.74. The predicted octanol–water partition coefficient (Wildman–Crippen LogP) is 3.37. The summed E-state index contributed by atoms with van der Waals surface area (Å²) < 4.78 is 6.39. The number of nitrogens with one attached hydrogen (secondary N) is 2. The summed E-state index contributed by atoms with van der Waals surface area (Å²) in [6, 6.07) is 5.68. The second-order valence-electron chi connectivity index (χ2n) is 9.25. The first-order valence-electron chi connectivity index (χ1n) is 11.2. The van der Waals surface area contributed by atoms with Crippen molar-refractivity contribution in [3.8, 4) is 5.75 Å². The molecular formula is C24H33N3O3. The van der Waals surface area contributed by atoms with Crippen LogP contribution in [0.15, 0.2) is 30.5 Å². The highest BCUT2D eigenvalue weighted by Crippen LogP contribution is 2.32. The smallest absolute Gasteiger partial charge is 0.255 e. The van der Waals surface area contributed by atoms with Crippen molar-refractivity contribution >= 4 is 11.8 Å². The molecule has 2 amide bonds. The molecule has 1 aliphatic carbocycles. The summed E-state index contributed by atoms with van der Waals surface area (Å²) in [5.74, 6) is 1.22. The first-order chi connectivity index (χ1) is 14.4. The van der Waals surface area contributed by atoms with Gasteiger partial charge in [-0.15, -0.1) is 0 Å². The van der Waals surface area contributed by atoms with Crippen LogP contribution in [-0.4, -0.2) is 41.4 Å². The van der Waals surface area contributed by atoms with E-state index in [-0.39, 0.29) is 17.9 Å². The fourth-order valence-electron chi connectivity index (χ4n) is 4.74. The predicted molar refractivity (Wildman–Crippen MR) is 116 cm³/mol. The van der Waals surface area contributed by atoms with Gasteiger partial charge in [0.2, 0.25) is 5.91 Å². The summed E-state index contributed by atoms with van der Waals surface area (Å²) in [6.45, 7) is 9.71. The number of rotatable bonds is 6. The molecule has 6 nitrogen and oxygen atoms in total. The standard InChI is InChI=1S/C24H33N3O3/c1-15(2)13-25-20-6-4-5-7-22(20)30-18-9-10-19-17(12-18)14-27(24(19)29)21-11-8-16(3)26-23(21)28/h9-10,12,15,20-22,25H,3-8,11,13-14H2,1-2H3,(H,26,28)/t20-,21?,22-/m0/s1. The van der Waals surface area contributed by atoms with Crippen LogP contribution in [0, 0.1) is 5.92 Å². The van der Waals surface area contributed by atoms with E-state index < -0.39 is 6.04 Å². The number of carbonyl (C=O) groups is 2. The molecular weight excluding hydrogens is 378 g/mol. The minimum absolute atomic E-state index is 0.0710. The van der Waals surface area contributed by atoms with Gasteiger partial charge in [0.25, 0.3) is 5.91 Å². The van der Waals surface area contributed by atoms with Crippen LogP contribution in [0.25, 0.3) is 0 Å². The average Bonchev–Trinajstić information content (AvgIpc) is 3.03. The third-order valence-electron chi connectivity index (χ3n) is 6.39. The number of piperidine rings is 1. The number of nitrogens with zero attached hydrogens (tertiary/aromatic N) is 1. The van der Waals surface area contributed by atoms with Gasteiger partial charge in [-0.05, 0) is 68.3 Å². The van der Waals surface area contributed by atoms with E-state index in [1.165, 1.54) is 12.8 Å². The lowest BCUT2D eigenvalue weighted by Gasteiger charge is -2.33. The van der Waals surface area contributed by atoms with E-state index in [2.05, 4.69) is 31.1 Å². The number of ether oxygens (including phenoxy) is 1. The Hall–Kier alpha value is -2.34. The van der Waals surface area contributed by atoms with Crippen molar-refractivity contribution in [2.24, 2.45) is 5.92 Å². The van der Waals surface area contributed by atoms with Crippen LogP contribution in [-0.2, 0) is 11.3 Å². The van der Waals surface area contributed by atoms with Gasteiger partial charge in [0.15, 0.2) is 0 Å². The molecule has 162 valence electrons. The molecule has 2 heterocycles. The van der Waals surface area contributed by atoms with Crippen molar-refractivity contribution in [1.29, 1.82) is 0 Å². The van der Waals surface area contributed by atoms with Gasteiger partial charge in [0, 0.05) is 23.8 Å². The highest BCUT2D eigenvalue weighted by molar-refractivity contribution is 6.01. The van der Waals surface area contributed by atoms with Crippen LogP contribution < -0.4 is 15.4 Å². The largest absolute Gasteiger partial charge is 0.489 e. The second-order valence-corrected chi connectivity index (χ2v) is 9.25. The van der Waals surface area contributed by atoms with Crippen LogP contribution in [0.2, 0.25) is 0 Å². The number of benzene rings is 1. The third kappa shape index (κ3) is 4.38. The van der Waals surface area contributed by atoms with Gasteiger partial charge in [0.05, 0.1) is 0 Å². The average molecular weight is 412 g/mol. The highest BCUT2D eigenvalue weighted by Gasteiger charge is 2.38. The van der Waals surface area contributed by atoms with Crippen molar-refractivity contribution in [3.05, 3.63) is 41.6 Å². The molecule has 2 fully saturated rings. The molecule has 1 saturated carbocycles. The summed E-state index contributed by atoms with van der Waals surface area (Å²) in [5.41, 5.74) is 2.35. The van der Waals surface area contributed by atoms with Gasteiger partial charge < -0.3 is 20.3 Å². The maximum atomic E-state index is 12.9. The Morgan fingerprint density at radius 3 is 2.80 bits per heavy atom. The monoisotopic (exact) mass is 411 g/mol. The Bertz CT molecular complexity index is 835. The number of amides is 2. The molecule has 0 aromatic heterocycles. The SMILES string of the molecule is C=C1CCC(N2Cc3cc(O[C@H]4CCCC[C@@H]4NCC(C)C)ccc3C2=O)C(=O)N1.